The standard InChI is InChI=1S/C11H14O10S2/c12-8(3-19-9(13)4-22(14,15)16)20-10-5-1-6-7(2-5)23(17,18)21-11(6)10/h5-7,10-11H,1-4H2,(H,14,15,16)/t5?,6?,7?,10-,11?/m0/s1. The van der Waals surface area contributed by atoms with E-state index >= 15 is 0 Å². The first kappa shape index (κ1) is 16.6. The van der Waals surface area contributed by atoms with Crippen molar-refractivity contribution >= 4 is 32.2 Å². The maximum absolute atomic E-state index is 11.7. The highest BCUT2D eigenvalue weighted by Gasteiger charge is 2.65. The van der Waals surface area contributed by atoms with E-state index < -0.39 is 62.0 Å². The van der Waals surface area contributed by atoms with Crippen LogP contribution in [-0.4, -0.2) is 63.1 Å². The molecule has 1 saturated heterocycles. The molecular formula is C11H14O10S2. The molecule has 2 aliphatic carbocycles. The molecule has 10 nitrogen and oxygen atoms in total. The summed E-state index contributed by atoms with van der Waals surface area (Å²) in [4.78, 5) is 22.7. The molecule has 0 amide bonds. The fourth-order valence-electron chi connectivity index (χ4n) is 3.56. The summed E-state index contributed by atoms with van der Waals surface area (Å²) in [7, 11) is -8.15. The molecule has 2 saturated carbocycles. The summed E-state index contributed by atoms with van der Waals surface area (Å²) in [6, 6.07) is 0. The highest BCUT2D eigenvalue weighted by Crippen LogP contribution is 2.55. The second-order valence-electron chi connectivity index (χ2n) is 5.83. The third-order valence-corrected chi connectivity index (χ3v) is 6.71. The molecule has 4 unspecified atom stereocenters. The first-order valence-corrected chi connectivity index (χ1v) is 9.87. The SMILES string of the molecule is O=C(CS(=O)(=O)O)OCC(=O)O[C@H]1C2CC3C1OS(=O)(=O)C3C2. The van der Waals surface area contributed by atoms with Crippen LogP contribution in [0, 0.1) is 11.8 Å². The van der Waals surface area contributed by atoms with Gasteiger partial charge in [-0.1, -0.05) is 0 Å². The fourth-order valence-corrected chi connectivity index (χ4v) is 5.82. The van der Waals surface area contributed by atoms with Gasteiger partial charge in [-0.3, -0.25) is 13.5 Å². The van der Waals surface area contributed by atoms with Crippen molar-refractivity contribution in [3.8, 4) is 0 Å². The molecule has 3 fully saturated rings. The third kappa shape index (κ3) is 3.20. The molecule has 5 atom stereocenters. The van der Waals surface area contributed by atoms with Gasteiger partial charge in [-0.05, 0) is 12.8 Å². The van der Waals surface area contributed by atoms with Gasteiger partial charge >= 0.3 is 11.9 Å². The van der Waals surface area contributed by atoms with Crippen LogP contribution in [0.1, 0.15) is 12.8 Å². The van der Waals surface area contributed by atoms with Crippen molar-refractivity contribution in [2.45, 2.75) is 30.3 Å². The minimum absolute atomic E-state index is 0.121. The first-order valence-electron chi connectivity index (χ1n) is 6.79. The van der Waals surface area contributed by atoms with E-state index in [2.05, 4.69) is 4.74 Å². The number of carbonyl (C=O) groups is 2. The molecule has 0 aromatic carbocycles. The molecule has 3 aliphatic rings. The Bertz CT molecular complexity index is 739. The summed E-state index contributed by atoms with van der Waals surface area (Å²) >= 11 is 0. The van der Waals surface area contributed by atoms with E-state index in [4.69, 9.17) is 13.5 Å². The van der Waals surface area contributed by atoms with Crippen LogP contribution in [-0.2, 0) is 43.5 Å². The van der Waals surface area contributed by atoms with E-state index in [0.717, 1.165) is 0 Å². The molecular weight excluding hydrogens is 356 g/mol. The van der Waals surface area contributed by atoms with E-state index in [0.29, 0.717) is 12.8 Å². The normalized spacial score (nSPS) is 36.8. The van der Waals surface area contributed by atoms with Gasteiger partial charge in [-0.15, -0.1) is 0 Å². The lowest BCUT2D eigenvalue weighted by atomic mass is 9.94. The number of fused-ring (bicyclic) bond motifs is 1. The number of hydrogen-bond donors (Lipinski definition) is 1. The van der Waals surface area contributed by atoms with Crippen molar-refractivity contribution in [2.24, 2.45) is 11.8 Å². The van der Waals surface area contributed by atoms with E-state index in [1.807, 2.05) is 0 Å². The van der Waals surface area contributed by atoms with Crippen molar-refractivity contribution in [3.63, 3.8) is 0 Å². The molecule has 3 rings (SSSR count). The average molecular weight is 370 g/mol. The first-order chi connectivity index (χ1) is 10.6. The summed E-state index contributed by atoms with van der Waals surface area (Å²) in [5.41, 5.74) is 0. The quantitative estimate of drug-likeness (QED) is 0.343. The van der Waals surface area contributed by atoms with Gasteiger partial charge in [0, 0.05) is 11.8 Å². The smallest absolute Gasteiger partial charge is 0.344 e. The zero-order valence-electron chi connectivity index (χ0n) is 11.7. The largest absolute Gasteiger partial charge is 0.457 e. The highest BCUT2D eigenvalue weighted by atomic mass is 32.2. The molecule has 130 valence electrons. The van der Waals surface area contributed by atoms with Crippen LogP contribution in [0.4, 0.5) is 0 Å². The molecule has 1 N–H and O–H groups in total. The maximum atomic E-state index is 11.7. The maximum Gasteiger partial charge on any atom is 0.344 e. The molecule has 2 bridgehead atoms. The monoisotopic (exact) mass is 370 g/mol. The van der Waals surface area contributed by atoms with Crippen LogP contribution in [0.2, 0.25) is 0 Å². The molecule has 1 heterocycles. The molecule has 0 aromatic heterocycles. The minimum Gasteiger partial charge on any atom is -0.457 e. The van der Waals surface area contributed by atoms with Crippen molar-refractivity contribution in [1.82, 2.24) is 0 Å². The van der Waals surface area contributed by atoms with Crippen molar-refractivity contribution in [1.29, 1.82) is 0 Å². The topological polar surface area (TPSA) is 150 Å². The van der Waals surface area contributed by atoms with Crippen molar-refractivity contribution in [3.05, 3.63) is 0 Å². The van der Waals surface area contributed by atoms with E-state index in [-0.39, 0.29) is 11.8 Å². The second kappa shape index (κ2) is 5.40. The summed E-state index contributed by atoms with van der Waals surface area (Å²) in [6.07, 6.45) is -0.471. The van der Waals surface area contributed by atoms with Crippen LogP contribution < -0.4 is 0 Å². The Balaban J connectivity index is 1.53. The zero-order valence-corrected chi connectivity index (χ0v) is 13.3. The van der Waals surface area contributed by atoms with Gasteiger partial charge in [0.2, 0.25) is 0 Å². The van der Waals surface area contributed by atoms with E-state index in [1.54, 1.807) is 0 Å². The molecule has 0 radical (unpaired) electrons. The van der Waals surface area contributed by atoms with Crippen LogP contribution in [0.3, 0.4) is 0 Å². The predicted molar refractivity (Wildman–Crippen MR) is 71.0 cm³/mol. The lowest BCUT2D eigenvalue weighted by Crippen LogP contribution is -2.38. The fraction of sp³-hybridized carbons (Fsp3) is 0.818. The molecule has 0 aromatic rings. The molecule has 23 heavy (non-hydrogen) atoms. The summed E-state index contributed by atoms with van der Waals surface area (Å²) in [5, 5.41) is -0.542. The van der Waals surface area contributed by atoms with Gasteiger partial charge in [0.25, 0.3) is 20.2 Å². The van der Waals surface area contributed by atoms with Gasteiger partial charge in [0.1, 0.15) is 12.2 Å². The minimum atomic E-state index is -4.53. The van der Waals surface area contributed by atoms with Crippen LogP contribution in [0.5, 0.6) is 0 Å². The lowest BCUT2D eigenvalue weighted by molar-refractivity contribution is -0.166. The number of carbonyl (C=O) groups excluding carboxylic acids is 2. The Morgan fingerprint density at radius 2 is 1.91 bits per heavy atom. The van der Waals surface area contributed by atoms with Crippen LogP contribution >= 0.6 is 0 Å². The second-order valence-corrected chi connectivity index (χ2v) is 9.06. The van der Waals surface area contributed by atoms with Gasteiger partial charge in [-0.25, -0.2) is 4.79 Å². The number of ether oxygens (including phenoxy) is 2. The molecule has 0 spiro atoms. The Morgan fingerprint density at radius 3 is 2.57 bits per heavy atom. The number of esters is 2. The van der Waals surface area contributed by atoms with E-state index in [1.165, 1.54) is 0 Å². The summed E-state index contributed by atoms with van der Waals surface area (Å²) < 4.78 is 67.4. The lowest BCUT2D eigenvalue weighted by Gasteiger charge is -2.24. The van der Waals surface area contributed by atoms with Gasteiger partial charge in [0.15, 0.2) is 12.4 Å². The summed E-state index contributed by atoms with van der Waals surface area (Å²) in [6.45, 7) is -0.828. The van der Waals surface area contributed by atoms with Crippen molar-refractivity contribution in [2.75, 3.05) is 12.4 Å². The average Bonchev–Trinajstić information content (AvgIpc) is 2.98. The van der Waals surface area contributed by atoms with E-state index in [9.17, 15) is 26.4 Å². The third-order valence-electron chi connectivity index (χ3n) is 4.33. The van der Waals surface area contributed by atoms with Gasteiger partial charge in [-0.2, -0.15) is 16.8 Å². The Hall–Kier alpha value is -1.24. The Kier molecular flexibility index (Phi) is 3.90. The highest BCUT2D eigenvalue weighted by molar-refractivity contribution is 7.87. The number of rotatable bonds is 5. The van der Waals surface area contributed by atoms with Crippen molar-refractivity contribution < 1.29 is 44.6 Å². The predicted octanol–water partition coefficient (Wildman–Crippen LogP) is -1.53. The summed E-state index contributed by atoms with van der Waals surface area (Å²) in [5.74, 6) is -3.80. The molecule has 12 heteroatoms. The van der Waals surface area contributed by atoms with Gasteiger partial charge < -0.3 is 9.47 Å². The van der Waals surface area contributed by atoms with Gasteiger partial charge in [0.05, 0.1) is 5.25 Å². The zero-order chi connectivity index (χ0) is 17.0. The molecule has 1 aliphatic heterocycles. The van der Waals surface area contributed by atoms with Crippen LogP contribution in [0.25, 0.3) is 0 Å². The Labute approximate surface area is 131 Å². The van der Waals surface area contributed by atoms with Crippen LogP contribution in [0.15, 0.2) is 0 Å². The number of hydrogen-bond acceptors (Lipinski definition) is 9. The Morgan fingerprint density at radius 1 is 1.22 bits per heavy atom.